The van der Waals surface area contributed by atoms with E-state index in [1.165, 1.54) is 29.5 Å². The van der Waals surface area contributed by atoms with Gasteiger partial charge in [0.1, 0.15) is 16.8 Å². The fourth-order valence-electron chi connectivity index (χ4n) is 4.64. The maximum Gasteiger partial charge on any atom is 0.235 e. The average Bonchev–Trinajstić information content (AvgIpc) is 3.57. The summed E-state index contributed by atoms with van der Waals surface area (Å²) in [5.74, 6) is 1.69. The van der Waals surface area contributed by atoms with E-state index in [4.69, 9.17) is 4.74 Å². The molecule has 1 aromatic carbocycles. The third-order valence-electron chi connectivity index (χ3n) is 6.42. The monoisotopic (exact) mass is 493 g/mol. The Labute approximate surface area is 207 Å². The van der Waals surface area contributed by atoms with Gasteiger partial charge in [-0.1, -0.05) is 11.8 Å². The number of benzene rings is 1. The zero-order valence-electron chi connectivity index (χ0n) is 19.2. The second kappa shape index (κ2) is 10.2. The third-order valence-corrected chi connectivity index (χ3v) is 8.65. The molecule has 1 N–H and O–H groups in total. The molecule has 176 valence electrons. The van der Waals surface area contributed by atoms with E-state index >= 15 is 0 Å². The van der Waals surface area contributed by atoms with E-state index in [9.17, 15) is 10.1 Å². The van der Waals surface area contributed by atoms with Gasteiger partial charge in [0.15, 0.2) is 11.0 Å². The Kier molecular flexibility index (Phi) is 6.88. The number of nitrogens with one attached hydrogen (secondary N) is 1. The molecule has 0 atom stereocenters. The molecule has 2 aliphatic carbocycles. The molecule has 5 rings (SSSR count). The molecule has 0 spiro atoms. The number of carbonyl (C=O) groups is 1. The van der Waals surface area contributed by atoms with E-state index in [1.807, 2.05) is 35.9 Å². The predicted octanol–water partition coefficient (Wildman–Crippen LogP) is 5.35. The van der Waals surface area contributed by atoms with Crippen LogP contribution in [0.25, 0.3) is 11.4 Å². The molecule has 2 heterocycles. The summed E-state index contributed by atoms with van der Waals surface area (Å²) in [5.41, 5.74) is 2.71. The van der Waals surface area contributed by atoms with Crippen LogP contribution in [0.15, 0.2) is 29.4 Å². The van der Waals surface area contributed by atoms with Crippen molar-refractivity contribution in [2.45, 2.75) is 62.6 Å². The lowest BCUT2D eigenvalue weighted by Crippen LogP contribution is -2.14. The number of aryl methyl sites for hydroxylation is 1. The number of nitrogens with zero attached hydrogens (tertiary/aromatic N) is 4. The van der Waals surface area contributed by atoms with Crippen LogP contribution < -0.4 is 10.1 Å². The number of amides is 1. The minimum Gasteiger partial charge on any atom is -0.490 e. The summed E-state index contributed by atoms with van der Waals surface area (Å²) in [6.07, 6.45) is 9.25. The summed E-state index contributed by atoms with van der Waals surface area (Å²) in [7, 11) is 1.90. The van der Waals surface area contributed by atoms with Gasteiger partial charge in [-0.25, -0.2) is 0 Å². The highest BCUT2D eigenvalue weighted by Crippen LogP contribution is 2.37. The molecule has 2 aromatic heterocycles. The maximum absolute atomic E-state index is 12.6. The van der Waals surface area contributed by atoms with Gasteiger partial charge in [-0.05, 0) is 81.2 Å². The van der Waals surface area contributed by atoms with Gasteiger partial charge in [-0.2, -0.15) is 5.26 Å². The van der Waals surface area contributed by atoms with Crippen molar-refractivity contribution in [3.05, 3.63) is 40.3 Å². The summed E-state index contributed by atoms with van der Waals surface area (Å²) in [4.78, 5) is 13.9. The minimum atomic E-state index is -0.141. The highest BCUT2D eigenvalue weighted by atomic mass is 32.2. The van der Waals surface area contributed by atoms with Crippen molar-refractivity contribution in [3.63, 3.8) is 0 Å². The van der Waals surface area contributed by atoms with Crippen LogP contribution in [0.3, 0.4) is 0 Å². The molecule has 0 saturated heterocycles. The smallest absolute Gasteiger partial charge is 0.235 e. The molecule has 1 fully saturated rings. The fraction of sp³-hybridized carbons (Fsp3) is 0.440. The molecule has 7 nitrogen and oxygen atoms in total. The highest BCUT2D eigenvalue weighted by Gasteiger charge is 2.22. The highest BCUT2D eigenvalue weighted by molar-refractivity contribution is 7.99. The zero-order valence-corrected chi connectivity index (χ0v) is 20.8. The lowest BCUT2D eigenvalue weighted by molar-refractivity contribution is -0.113. The standard InChI is InChI=1S/C25H27N5O2S2/c1-30-23(16-10-12-18(13-11-16)32-17-6-2-3-7-17)28-29-25(30)33-15-22(31)27-24-20(14-26)19-8-4-5-9-21(19)34-24/h10-13,17H,2-9,15H2,1H3,(H,27,31). The summed E-state index contributed by atoms with van der Waals surface area (Å²) >= 11 is 2.88. The molecule has 2 aliphatic rings. The number of hydrogen-bond acceptors (Lipinski definition) is 7. The molecular weight excluding hydrogens is 466 g/mol. The van der Waals surface area contributed by atoms with Crippen molar-refractivity contribution in [1.29, 1.82) is 5.26 Å². The van der Waals surface area contributed by atoms with Gasteiger partial charge in [0.25, 0.3) is 0 Å². The number of thioether (sulfide) groups is 1. The van der Waals surface area contributed by atoms with E-state index < -0.39 is 0 Å². The van der Waals surface area contributed by atoms with Gasteiger partial charge >= 0.3 is 0 Å². The molecule has 34 heavy (non-hydrogen) atoms. The first-order chi connectivity index (χ1) is 16.6. The fourth-order valence-corrected chi connectivity index (χ4v) is 6.61. The van der Waals surface area contributed by atoms with Crippen LogP contribution in [0.2, 0.25) is 0 Å². The van der Waals surface area contributed by atoms with Crippen LogP contribution in [0.1, 0.15) is 54.5 Å². The molecular formula is C25H27N5O2S2. The first kappa shape index (κ1) is 22.9. The molecule has 0 unspecified atom stereocenters. The van der Waals surface area contributed by atoms with Gasteiger partial charge in [0, 0.05) is 17.5 Å². The summed E-state index contributed by atoms with van der Waals surface area (Å²) < 4.78 is 7.95. The number of nitriles is 1. The lowest BCUT2D eigenvalue weighted by Gasteiger charge is -2.13. The lowest BCUT2D eigenvalue weighted by atomic mass is 9.96. The van der Waals surface area contributed by atoms with Crippen molar-refractivity contribution >= 4 is 34.0 Å². The van der Waals surface area contributed by atoms with Crippen LogP contribution >= 0.6 is 23.1 Å². The molecule has 9 heteroatoms. The van der Waals surface area contributed by atoms with Crippen LogP contribution in [0, 0.1) is 11.3 Å². The van der Waals surface area contributed by atoms with E-state index in [-0.39, 0.29) is 11.7 Å². The summed E-state index contributed by atoms with van der Waals surface area (Å²) in [6.45, 7) is 0. The van der Waals surface area contributed by atoms with E-state index in [1.54, 1.807) is 11.3 Å². The Morgan fingerprint density at radius 3 is 2.74 bits per heavy atom. The average molecular weight is 494 g/mol. The Hall–Kier alpha value is -2.83. The quantitative estimate of drug-likeness (QED) is 0.446. The second-order valence-electron chi connectivity index (χ2n) is 8.78. The van der Waals surface area contributed by atoms with Crippen molar-refractivity contribution < 1.29 is 9.53 Å². The molecule has 0 radical (unpaired) electrons. The SMILES string of the molecule is Cn1c(SCC(=O)Nc2sc3c(c2C#N)CCCC3)nnc1-c1ccc(OC2CCCC2)cc1. The number of thiophene rings is 1. The van der Waals surface area contributed by atoms with Crippen molar-refractivity contribution in [2.75, 3.05) is 11.1 Å². The minimum absolute atomic E-state index is 0.141. The van der Waals surface area contributed by atoms with Gasteiger partial charge in [-0.15, -0.1) is 21.5 Å². The predicted molar refractivity (Wildman–Crippen MR) is 134 cm³/mol. The number of hydrogen-bond donors (Lipinski definition) is 1. The number of anilines is 1. The first-order valence-corrected chi connectivity index (χ1v) is 13.6. The molecule has 1 amide bonds. The maximum atomic E-state index is 12.6. The van der Waals surface area contributed by atoms with E-state index in [0.29, 0.717) is 21.8 Å². The number of aromatic nitrogens is 3. The van der Waals surface area contributed by atoms with Gasteiger partial charge in [-0.3, -0.25) is 4.79 Å². The molecule has 1 saturated carbocycles. The molecule has 0 aliphatic heterocycles. The van der Waals surface area contributed by atoms with Crippen LogP contribution in [0.4, 0.5) is 5.00 Å². The third kappa shape index (κ3) is 4.84. The van der Waals surface area contributed by atoms with Crippen LogP contribution in [-0.4, -0.2) is 32.5 Å². The Morgan fingerprint density at radius 1 is 1.21 bits per heavy atom. The van der Waals surface area contributed by atoms with Gasteiger partial charge in [0.2, 0.25) is 5.91 Å². The van der Waals surface area contributed by atoms with Gasteiger partial charge in [0.05, 0.1) is 17.4 Å². The second-order valence-corrected chi connectivity index (χ2v) is 10.8. The van der Waals surface area contributed by atoms with Crippen molar-refractivity contribution in [1.82, 2.24) is 14.8 Å². The molecule has 3 aromatic rings. The van der Waals surface area contributed by atoms with Crippen LogP contribution in [0.5, 0.6) is 5.75 Å². The first-order valence-electron chi connectivity index (χ1n) is 11.8. The topological polar surface area (TPSA) is 92.8 Å². The summed E-state index contributed by atoms with van der Waals surface area (Å²) in [5, 5.41) is 22.5. The van der Waals surface area contributed by atoms with E-state index in [2.05, 4.69) is 21.6 Å². The Morgan fingerprint density at radius 2 is 1.97 bits per heavy atom. The van der Waals surface area contributed by atoms with Crippen LogP contribution in [-0.2, 0) is 24.7 Å². The van der Waals surface area contributed by atoms with Crippen molar-refractivity contribution in [3.8, 4) is 23.2 Å². The summed E-state index contributed by atoms with van der Waals surface area (Å²) in [6, 6.07) is 10.3. The molecule has 0 bridgehead atoms. The van der Waals surface area contributed by atoms with Crippen molar-refractivity contribution in [2.24, 2.45) is 7.05 Å². The number of rotatable bonds is 7. The van der Waals surface area contributed by atoms with E-state index in [0.717, 1.165) is 61.2 Å². The Bertz CT molecular complexity index is 1220. The largest absolute Gasteiger partial charge is 0.490 e. The normalized spacial score (nSPS) is 15.6. The number of carbonyl (C=O) groups excluding carboxylic acids is 1. The number of ether oxygens (including phenoxy) is 1. The number of fused-ring (bicyclic) bond motifs is 1. The van der Waals surface area contributed by atoms with Gasteiger partial charge < -0.3 is 14.6 Å². The zero-order chi connectivity index (χ0) is 23.5. The Balaban J connectivity index is 1.20.